The lowest BCUT2D eigenvalue weighted by molar-refractivity contribution is -0.141. The largest absolute Gasteiger partial charge is 0.480 e. The second-order valence-corrected chi connectivity index (χ2v) is 4.29. The molecule has 0 radical (unpaired) electrons. The van der Waals surface area contributed by atoms with Crippen LogP contribution in [0.15, 0.2) is 24.3 Å². The number of likely N-dealkylation sites (tertiary alicyclic amines) is 1. The van der Waals surface area contributed by atoms with E-state index in [1.165, 1.54) is 4.90 Å². The van der Waals surface area contributed by atoms with Crippen molar-refractivity contribution in [3.63, 3.8) is 0 Å². The summed E-state index contributed by atoms with van der Waals surface area (Å²) < 4.78 is 0. The molecule has 0 aromatic heterocycles. The number of anilines is 1. The average Bonchev–Trinajstić information content (AvgIpc) is 2.87. The van der Waals surface area contributed by atoms with Gasteiger partial charge in [-0.1, -0.05) is 12.1 Å². The van der Waals surface area contributed by atoms with E-state index in [-0.39, 0.29) is 5.91 Å². The number of nitrogens with zero attached hydrogens (tertiary/aromatic N) is 1. The lowest BCUT2D eigenvalue weighted by Gasteiger charge is -2.22. The zero-order valence-corrected chi connectivity index (χ0v) is 10.2. The first-order chi connectivity index (χ1) is 8.65. The van der Waals surface area contributed by atoms with E-state index in [0.717, 1.165) is 12.1 Å². The summed E-state index contributed by atoms with van der Waals surface area (Å²) in [5, 5.41) is 12.0. The molecule has 1 atom stereocenters. The summed E-state index contributed by atoms with van der Waals surface area (Å²) in [5.41, 5.74) is 1.24. The van der Waals surface area contributed by atoms with Gasteiger partial charge in [0.1, 0.15) is 6.04 Å². The van der Waals surface area contributed by atoms with Crippen LogP contribution in [0.4, 0.5) is 5.69 Å². The molecule has 1 aliphatic heterocycles. The molecule has 96 valence electrons. The van der Waals surface area contributed by atoms with Crippen molar-refractivity contribution in [2.45, 2.75) is 18.9 Å². The van der Waals surface area contributed by atoms with Crippen molar-refractivity contribution in [1.82, 2.24) is 4.90 Å². The Morgan fingerprint density at radius 1 is 1.39 bits per heavy atom. The maximum absolute atomic E-state index is 12.4. The highest BCUT2D eigenvalue weighted by molar-refractivity contribution is 6.01. The third-order valence-electron chi connectivity index (χ3n) is 3.23. The van der Waals surface area contributed by atoms with Crippen molar-refractivity contribution >= 4 is 17.6 Å². The summed E-state index contributed by atoms with van der Waals surface area (Å²) in [6.45, 7) is 0.508. The number of nitrogens with one attached hydrogen (secondary N) is 1. The van der Waals surface area contributed by atoms with Gasteiger partial charge in [-0.05, 0) is 25.0 Å². The molecule has 1 fully saturated rings. The van der Waals surface area contributed by atoms with Crippen molar-refractivity contribution in [1.29, 1.82) is 0 Å². The van der Waals surface area contributed by atoms with Gasteiger partial charge in [0.15, 0.2) is 0 Å². The van der Waals surface area contributed by atoms with Gasteiger partial charge in [0.2, 0.25) is 0 Å². The monoisotopic (exact) mass is 248 g/mol. The van der Waals surface area contributed by atoms with E-state index in [2.05, 4.69) is 5.32 Å². The molecular weight excluding hydrogens is 232 g/mol. The summed E-state index contributed by atoms with van der Waals surface area (Å²) in [6, 6.07) is 6.44. The second-order valence-electron chi connectivity index (χ2n) is 4.29. The van der Waals surface area contributed by atoms with Gasteiger partial charge < -0.3 is 15.3 Å². The first kappa shape index (κ1) is 12.4. The maximum Gasteiger partial charge on any atom is 0.326 e. The SMILES string of the molecule is CNc1ccccc1C(=O)N1CCC[C@H]1C(=O)O. The van der Waals surface area contributed by atoms with Crippen LogP contribution < -0.4 is 5.32 Å². The number of para-hydroxylation sites is 1. The summed E-state index contributed by atoms with van der Waals surface area (Å²) in [6.07, 6.45) is 1.27. The average molecular weight is 248 g/mol. The van der Waals surface area contributed by atoms with Crippen molar-refractivity contribution in [2.24, 2.45) is 0 Å². The van der Waals surface area contributed by atoms with E-state index < -0.39 is 12.0 Å². The molecule has 2 rings (SSSR count). The molecule has 1 heterocycles. The number of carbonyl (C=O) groups is 2. The van der Waals surface area contributed by atoms with Gasteiger partial charge in [-0.15, -0.1) is 0 Å². The summed E-state index contributed by atoms with van der Waals surface area (Å²) in [5.74, 6) is -1.15. The van der Waals surface area contributed by atoms with Gasteiger partial charge in [-0.3, -0.25) is 4.79 Å². The first-order valence-corrected chi connectivity index (χ1v) is 5.95. The van der Waals surface area contributed by atoms with Crippen LogP contribution in [0.3, 0.4) is 0 Å². The van der Waals surface area contributed by atoms with E-state index in [9.17, 15) is 9.59 Å². The van der Waals surface area contributed by atoms with E-state index in [1.807, 2.05) is 6.07 Å². The fourth-order valence-corrected chi connectivity index (χ4v) is 2.31. The molecule has 0 unspecified atom stereocenters. The van der Waals surface area contributed by atoms with Crippen molar-refractivity contribution < 1.29 is 14.7 Å². The van der Waals surface area contributed by atoms with Gasteiger partial charge >= 0.3 is 5.97 Å². The molecule has 1 amide bonds. The smallest absolute Gasteiger partial charge is 0.326 e. The molecule has 0 bridgehead atoms. The van der Waals surface area contributed by atoms with E-state index >= 15 is 0 Å². The Morgan fingerprint density at radius 3 is 2.78 bits per heavy atom. The minimum absolute atomic E-state index is 0.218. The standard InChI is InChI=1S/C13H16N2O3/c1-14-10-6-3-2-5-9(10)12(16)15-8-4-7-11(15)13(17)18/h2-3,5-6,11,14H,4,7-8H2,1H3,(H,17,18)/t11-/m0/s1. The highest BCUT2D eigenvalue weighted by atomic mass is 16.4. The summed E-state index contributed by atoms with van der Waals surface area (Å²) >= 11 is 0. The number of hydrogen-bond donors (Lipinski definition) is 2. The molecule has 18 heavy (non-hydrogen) atoms. The molecule has 1 aliphatic rings. The van der Waals surface area contributed by atoms with Crippen LogP contribution in [0, 0.1) is 0 Å². The van der Waals surface area contributed by atoms with Gasteiger partial charge in [0.25, 0.3) is 5.91 Å². The Kier molecular flexibility index (Phi) is 3.50. The van der Waals surface area contributed by atoms with Crippen LogP contribution in [0.2, 0.25) is 0 Å². The second kappa shape index (κ2) is 5.08. The number of amides is 1. The molecule has 0 saturated carbocycles. The highest BCUT2D eigenvalue weighted by Crippen LogP contribution is 2.23. The third-order valence-corrected chi connectivity index (χ3v) is 3.23. The van der Waals surface area contributed by atoms with Crippen molar-refractivity contribution in [3.05, 3.63) is 29.8 Å². The Labute approximate surface area is 105 Å². The molecule has 5 nitrogen and oxygen atoms in total. The van der Waals surface area contributed by atoms with Gasteiger partial charge in [0.05, 0.1) is 5.56 Å². The molecule has 1 saturated heterocycles. The maximum atomic E-state index is 12.4. The van der Waals surface area contributed by atoms with Crippen LogP contribution in [0.5, 0.6) is 0 Å². The molecule has 1 aromatic rings. The lowest BCUT2D eigenvalue weighted by Crippen LogP contribution is -2.40. The lowest BCUT2D eigenvalue weighted by atomic mass is 10.1. The van der Waals surface area contributed by atoms with Gasteiger partial charge in [-0.25, -0.2) is 4.79 Å². The zero-order valence-electron chi connectivity index (χ0n) is 10.2. The Bertz CT molecular complexity index is 473. The summed E-state index contributed by atoms with van der Waals surface area (Å²) in [7, 11) is 1.74. The molecule has 2 N–H and O–H groups in total. The van der Waals surface area contributed by atoms with Crippen LogP contribution in [-0.2, 0) is 4.79 Å². The molecule has 5 heteroatoms. The van der Waals surface area contributed by atoms with Crippen LogP contribution in [0.1, 0.15) is 23.2 Å². The van der Waals surface area contributed by atoms with Crippen LogP contribution >= 0.6 is 0 Å². The quantitative estimate of drug-likeness (QED) is 0.848. The molecule has 0 spiro atoms. The number of aliphatic carboxylic acids is 1. The number of rotatable bonds is 3. The number of carboxylic acid groups (broad SMARTS) is 1. The van der Waals surface area contributed by atoms with E-state index in [1.54, 1.807) is 25.2 Å². The van der Waals surface area contributed by atoms with Crippen molar-refractivity contribution in [3.8, 4) is 0 Å². The molecular formula is C13H16N2O3. The number of carboxylic acids is 1. The number of carbonyl (C=O) groups excluding carboxylic acids is 1. The molecule has 1 aromatic carbocycles. The fourth-order valence-electron chi connectivity index (χ4n) is 2.31. The highest BCUT2D eigenvalue weighted by Gasteiger charge is 2.34. The predicted octanol–water partition coefficient (Wildman–Crippen LogP) is 1.42. The minimum Gasteiger partial charge on any atom is -0.480 e. The molecule has 0 aliphatic carbocycles. The van der Waals surface area contributed by atoms with E-state index in [4.69, 9.17) is 5.11 Å². The number of benzene rings is 1. The van der Waals surface area contributed by atoms with E-state index in [0.29, 0.717) is 18.5 Å². The number of hydrogen-bond acceptors (Lipinski definition) is 3. The third kappa shape index (κ3) is 2.16. The van der Waals surface area contributed by atoms with Crippen LogP contribution in [0.25, 0.3) is 0 Å². The van der Waals surface area contributed by atoms with Gasteiger partial charge in [0, 0.05) is 19.3 Å². The fraction of sp³-hybridized carbons (Fsp3) is 0.385. The van der Waals surface area contributed by atoms with Gasteiger partial charge in [-0.2, -0.15) is 0 Å². The van der Waals surface area contributed by atoms with Crippen LogP contribution in [-0.4, -0.2) is 41.5 Å². The summed E-state index contributed by atoms with van der Waals surface area (Å²) in [4.78, 5) is 24.9. The predicted molar refractivity (Wildman–Crippen MR) is 67.7 cm³/mol. The topological polar surface area (TPSA) is 69.6 Å². The Balaban J connectivity index is 2.28. The zero-order chi connectivity index (χ0) is 13.1. The Morgan fingerprint density at radius 2 is 2.11 bits per heavy atom. The minimum atomic E-state index is -0.928. The first-order valence-electron chi connectivity index (χ1n) is 5.95. The normalized spacial score (nSPS) is 18.7. The Hall–Kier alpha value is -2.04. The van der Waals surface area contributed by atoms with Crippen molar-refractivity contribution in [2.75, 3.05) is 18.9 Å².